The molecule has 1 saturated heterocycles. The zero-order chi connectivity index (χ0) is 28.6. The van der Waals surface area contributed by atoms with E-state index < -0.39 is 35.9 Å². The van der Waals surface area contributed by atoms with Crippen molar-refractivity contribution in [1.82, 2.24) is 0 Å². The molecule has 9 atom stereocenters. The number of hydrogen-bond donors (Lipinski definition) is 2. The average Bonchev–Trinajstić information content (AvgIpc) is 3.60. The van der Waals surface area contributed by atoms with E-state index in [1.54, 1.807) is 19.1 Å². The molecule has 1 fully saturated rings. The molecule has 0 aromatic rings. The Morgan fingerprint density at radius 3 is 2.58 bits per heavy atom. The highest BCUT2D eigenvalue weighted by molar-refractivity contribution is 5.81. The molecule has 0 amide bonds. The Balaban J connectivity index is 2.13. The first-order chi connectivity index (χ1) is 17.7. The number of ether oxygens (including phenoxy) is 3. The molecule has 2 rings (SSSR count). The number of aliphatic hydroxyl groups excluding tert-OH is 1. The molecular weight excluding hydrogens is 488 g/mol. The lowest BCUT2D eigenvalue weighted by atomic mass is 9.88. The number of rotatable bonds is 9. The van der Waals surface area contributed by atoms with Crippen LogP contribution < -0.4 is 0 Å². The Hall–Kier alpha value is -2.29. The minimum Gasteiger partial charge on any atom is -0.457 e. The third-order valence-electron chi connectivity index (χ3n) is 7.44. The van der Waals surface area contributed by atoms with Crippen molar-refractivity contribution in [2.45, 2.75) is 117 Å². The Morgan fingerprint density at radius 2 is 1.95 bits per heavy atom. The zero-order valence-electron chi connectivity index (χ0n) is 23.9. The third kappa shape index (κ3) is 9.79. The van der Waals surface area contributed by atoms with Crippen LogP contribution in [0.15, 0.2) is 36.0 Å². The van der Waals surface area contributed by atoms with Gasteiger partial charge in [-0.2, -0.15) is 0 Å². The number of esters is 2. The summed E-state index contributed by atoms with van der Waals surface area (Å²) in [6, 6.07) is 0. The molecule has 2 N–H and O–H groups in total. The first-order valence-electron chi connectivity index (χ1n) is 13.7. The highest BCUT2D eigenvalue weighted by Crippen LogP contribution is 2.35. The summed E-state index contributed by atoms with van der Waals surface area (Å²) in [5.74, 6) is -0.938. The largest absolute Gasteiger partial charge is 0.457 e. The van der Waals surface area contributed by atoms with Gasteiger partial charge in [0.2, 0.25) is 0 Å². The van der Waals surface area contributed by atoms with E-state index in [1.165, 1.54) is 6.92 Å². The molecule has 38 heavy (non-hydrogen) atoms. The SMILES string of the molecule is CCC(=O)C(C)C1OC1CC(C)C=CC=C(C)C1OC(=O)CC(O)CCC(C)(O)C(OC(C)=O)C=CC1C. The van der Waals surface area contributed by atoms with Crippen molar-refractivity contribution >= 4 is 17.7 Å². The Labute approximate surface area is 227 Å². The van der Waals surface area contributed by atoms with Crippen molar-refractivity contribution in [1.29, 1.82) is 0 Å². The highest BCUT2D eigenvalue weighted by Gasteiger charge is 2.45. The summed E-state index contributed by atoms with van der Waals surface area (Å²) in [7, 11) is 0. The summed E-state index contributed by atoms with van der Waals surface area (Å²) in [6.07, 6.45) is 8.35. The predicted octanol–water partition coefficient (Wildman–Crippen LogP) is 4.23. The van der Waals surface area contributed by atoms with Gasteiger partial charge >= 0.3 is 11.9 Å². The van der Waals surface area contributed by atoms with Crippen LogP contribution in [0.2, 0.25) is 0 Å². The monoisotopic (exact) mass is 534 g/mol. The van der Waals surface area contributed by atoms with Crippen LogP contribution in [-0.4, -0.2) is 64.1 Å². The second-order valence-corrected chi connectivity index (χ2v) is 11.2. The molecule has 214 valence electrons. The van der Waals surface area contributed by atoms with Crippen LogP contribution in [-0.2, 0) is 28.6 Å². The standard InChI is InChI=1S/C30H46O8/c1-8-24(33)21(5)29-25(37-29)16-18(2)10-9-11-19(3)28-20(4)12-13-26(36-22(6)31)30(7,35)15-14-23(32)17-27(34)38-28/h9-13,18,20-21,23,25-26,28-29,32,35H,8,14-17H2,1-7H3. The molecule has 0 bridgehead atoms. The molecule has 0 aromatic carbocycles. The molecule has 2 aliphatic heterocycles. The normalized spacial score (nSPS) is 34.6. The van der Waals surface area contributed by atoms with Crippen molar-refractivity contribution < 1.29 is 38.8 Å². The molecular formula is C30H46O8. The molecule has 0 aromatic heterocycles. The molecule has 9 unspecified atom stereocenters. The number of hydrogen-bond acceptors (Lipinski definition) is 8. The van der Waals surface area contributed by atoms with Gasteiger partial charge in [-0.05, 0) is 50.7 Å². The van der Waals surface area contributed by atoms with E-state index >= 15 is 0 Å². The second kappa shape index (κ2) is 14.2. The fraction of sp³-hybridized carbons (Fsp3) is 0.700. The van der Waals surface area contributed by atoms with Gasteiger partial charge in [0.25, 0.3) is 0 Å². The molecule has 8 nitrogen and oxygen atoms in total. The lowest BCUT2D eigenvalue weighted by Crippen LogP contribution is -2.42. The summed E-state index contributed by atoms with van der Waals surface area (Å²) in [5.41, 5.74) is -0.596. The van der Waals surface area contributed by atoms with Gasteiger partial charge < -0.3 is 24.4 Å². The maximum atomic E-state index is 12.6. The fourth-order valence-electron chi connectivity index (χ4n) is 4.86. The number of cyclic esters (lactones) is 1. The second-order valence-electron chi connectivity index (χ2n) is 11.2. The van der Waals surface area contributed by atoms with Crippen molar-refractivity contribution in [2.24, 2.45) is 17.8 Å². The van der Waals surface area contributed by atoms with Gasteiger partial charge in [0.1, 0.15) is 23.6 Å². The Morgan fingerprint density at radius 1 is 1.26 bits per heavy atom. The maximum absolute atomic E-state index is 12.6. The minimum atomic E-state index is -1.41. The predicted molar refractivity (Wildman–Crippen MR) is 144 cm³/mol. The molecule has 0 spiro atoms. The summed E-state index contributed by atoms with van der Waals surface area (Å²) in [4.78, 5) is 36.2. The lowest BCUT2D eigenvalue weighted by Gasteiger charge is -2.32. The smallest absolute Gasteiger partial charge is 0.309 e. The third-order valence-corrected chi connectivity index (χ3v) is 7.44. The van der Waals surface area contributed by atoms with Crippen LogP contribution in [0.1, 0.15) is 80.6 Å². The van der Waals surface area contributed by atoms with Crippen LogP contribution in [0.3, 0.4) is 0 Å². The number of epoxide rings is 1. The van der Waals surface area contributed by atoms with Crippen LogP contribution in [0.25, 0.3) is 0 Å². The lowest BCUT2D eigenvalue weighted by molar-refractivity contribution is -0.157. The number of carbonyl (C=O) groups is 3. The van der Waals surface area contributed by atoms with Crippen LogP contribution in [0.4, 0.5) is 0 Å². The zero-order valence-corrected chi connectivity index (χ0v) is 23.9. The molecule has 2 aliphatic rings. The maximum Gasteiger partial charge on any atom is 0.309 e. The van der Waals surface area contributed by atoms with Gasteiger partial charge in [-0.1, -0.05) is 52.0 Å². The first-order valence-corrected chi connectivity index (χ1v) is 13.7. The highest BCUT2D eigenvalue weighted by atomic mass is 16.6. The number of Topliss-reactive ketones (excluding diaryl/α,β-unsaturated/α-hetero) is 1. The van der Waals surface area contributed by atoms with Gasteiger partial charge in [0.05, 0.1) is 24.7 Å². The van der Waals surface area contributed by atoms with Crippen molar-refractivity contribution in [3.8, 4) is 0 Å². The van der Waals surface area contributed by atoms with Crippen LogP contribution in [0.5, 0.6) is 0 Å². The van der Waals surface area contributed by atoms with Crippen molar-refractivity contribution in [2.75, 3.05) is 0 Å². The summed E-state index contributed by atoms with van der Waals surface area (Å²) in [5, 5.41) is 21.3. The number of aliphatic hydroxyl groups is 2. The van der Waals surface area contributed by atoms with Crippen LogP contribution >= 0.6 is 0 Å². The van der Waals surface area contributed by atoms with Gasteiger partial charge in [0, 0.05) is 25.2 Å². The quantitative estimate of drug-likeness (QED) is 0.195. The summed E-state index contributed by atoms with van der Waals surface area (Å²) >= 11 is 0. The van der Waals surface area contributed by atoms with E-state index in [9.17, 15) is 24.6 Å². The average molecular weight is 535 g/mol. The fourth-order valence-corrected chi connectivity index (χ4v) is 4.86. The van der Waals surface area contributed by atoms with E-state index in [2.05, 4.69) is 13.0 Å². The minimum absolute atomic E-state index is 0.00536. The topological polar surface area (TPSA) is 123 Å². The van der Waals surface area contributed by atoms with Crippen molar-refractivity contribution in [3.05, 3.63) is 36.0 Å². The van der Waals surface area contributed by atoms with Gasteiger partial charge in [-0.3, -0.25) is 14.4 Å². The summed E-state index contributed by atoms with van der Waals surface area (Å²) < 4.78 is 16.9. The van der Waals surface area contributed by atoms with Crippen molar-refractivity contribution in [3.63, 3.8) is 0 Å². The van der Waals surface area contributed by atoms with Gasteiger partial charge in [-0.25, -0.2) is 0 Å². The first kappa shape index (κ1) is 31.9. The Kier molecular flexibility index (Phi) is 11.9. The summed E-state index contributed by atoms with van der Waals surface area (Å²) in [6.45, 7) is 12.5. The van der Waals surface area contributed by atoms with E-state index in [4.69, 9.17) is 14.2 Å². The van der Waals surface area contributed by atoms with E-state index in [-0.39, 0.29) is 55.0 Å². The number of allylic oxidation sites excluding steroid dienone is 3. The molecule has 8 heteroatoms. The van der Waals surface area contributed by atoms with Gasteiger partial charge in [-0.15, -0.1) is 0 Å². The van der Waals surface area contributed by atoms with E-state index in [0.29, 0.717) is 6.42 Å². The number of carbonyl (C=O) groups excluding carboxylic acids is 3. The van der Waals surface area contributed by atoms with E-state index in [0.717, 1.165) is 12.0 Å². The molecule has 0 saturated carbocycles. The molecule has 0 aliphatic carbocycles. The van der Waals surface area contributed by atoms with Gasteiger partial charge in [0.15, 0.2) is 0 Å². The van der Waals surface area contributed by atoms with E-state index in [1.807, 2.05) is 39.8 Å². The number of ketones is 1. The molecule has 0 radical (unpaired) electrons. The Bertz CT molecular complexity index is 917. The van der Waals surface area contributed by atoms with Crippen LogP contribution in [0, 0.1) is 17.8 Å². The molecule has 2 heterocycles.